The Kier molecular flexibility index (Phi) is 6.47. The van der Waals surface area contributed by atoms with Crippen LogP contribution in [0.3, 0.4) is 0 Å². The predicted octanol–water partition coefficient (Wildman–Crippen LogP) is 4.50. The summed E-state index contributed by atoms with van der Waals surface area (Å²) < 4.78 is 10.8. The lowest BCUT2D eigenvalue weighted by Gasteiger charge is -2.14. The van der Waals surface area contributed by atoms with Crippen LogP contribution in [0.5, 0.6) is 5.75 Å². The van der Waals surface area contributed by atoms with Crippen LogP contribution >= 0.6 is 11.8 Å². The van der Waals surface area contributed by atoms with Crippen LogP contribution in [0.25, 0.3) is 5.76 Å². The fourth-order valence-corrected chi connectivity index (χ4v) is 2.71. The quantitative estimate of drug-likeness (QED) is 0.441. The number of hydrogen-bond donors (Lipinski definition) is 0. The van der Waals surface area contributed by atoms with Crippen LogP contribution in [0.4, 0.5) is 0 Å². The molecule has 0 saturated carbocycles. The summed E-state index contributed by atoms with van der Waals surface area (Å²) in [5.74, 6) is 1.04. The molecule has 0 saturated heterocycles. The topological polar surface area (TPSA) is 59.3 Å². The third kappa shape index (κ3) is 4.18. The molecule has 0 N–H and O–H groups in total. The van der Waals surface area contributed by atoms with Crippen LogP contribution < -0.4 is 4.74 Å². The maximum absolute atomic E-state index is 11.9. The number of nitriles is 1. The van der Waals surface area contributed by atoms with Gasteiger partial charge in [-0.05, 0) is 17.9 Å². The van der Waals surface area contributed by atoms with Crippen molar-refractivity contribution in [3.8, 4) is 11.8 Å². The van der Waals surface area contributed by atoms with E-state index in [4.69, 9.17) is 9.47 Å². The Bertz CT molecular complexity index is 779. The summed E-state index contributed by atoms with van der Waals surface area (Å²) in [4.78, 5) is 12.4. The molecule has 0 aromatic heterocycles. The normalized spacial score (nSPS) is 11.2. The van der Waals surface area contributed by atoms with Crippen molar-refractivity contribution in [3.63, 3.8) is 0 Å². The van der Waals surface area contributed by atoms with Crippen molar-refractivity contribution in [2.75, 3.05) is 12.9 Å². The lowest BCUT2D eigenvalue weighted by molar-refractivity contribution is 0.0598. The number of esters is 1. The number of carbonyl (C=O) groups is 1. The molecule has 2 aromatic carbocycles. The third-order valence-corrected chi connectivity index (χ3v) is 3.99. The van der Waals surface area contributed by atoms with Crippen LogP contribution in [-0.2, 0) is 4.74 Å². The van der Waals surface area contributed by atoms with Gasteiger partial charge in [-0.2, -0.15) is 5.26 Å². The summed E-state index contributed by atoms with van der Waals surface area (Å²) in [6.07, 6.45) is 0. The smallest absolute Gasteiger partial charge is 0.341 e. The Morgan fingerprint density at radius 3 is 2.42 bits per heavy atom. The summed E-state index contributed by atoms with van der Waals surface area (Å²) in [7, 11) is 1.32. The van der Waals surface area contributed by atoms with Crippen molar-refractivity contribution in [1.29, 1.82) is 5.26 Å². The molecule has 0 unspecified atom stereocenters. The summed E-state index contributed by atoms with van der Waals surface area (Å²) in [5, 5.41) is 9.49. The molecule has 5 heteroatoms. The molecule has 0 amide bonds. The summed E-state index contributed by atoms with van der Waals surface area (Å²) in [6.45, 7) is 1.97. The van der Waals surface area contributed by atoms with E-state index < -0.39 is 5.97 Å². The standard InChI is InChI=1S/C19H17NO3S/c1-3-24-17(13-20)18(14-9-5-4-6-10-14)23-16-12-8-7-11-15(16)19(21)22-2/h4-12H,3H2,1-2H3/b18-17+. The molecule has 0 aliphatic rings. The van der Waals surface area contributed by atoms with E-state index in [1.165, 1.54) is 18.9 Å². The number of methoxy groups -OCH3 is 1. The van der Waals surface area contributed by atoms with Crippen LogP contribution in [0.15, 0.2) is 59.5 Å². The van der Waals surface area contributed by atoms with Crippen molar-refractivity contribution in [2.45, 2.75) is 6.92 Å². The average Bonchev–Trinajstić information content (AvgIpc) is 2.65. The SMILES string of the molecule is CCS/C(C#N)=C(/Oc1ccccc1C(=O)OC)c1ccccc1. The minimum Gasteiger partial charge on any atom is -0.465 e. The molecule has 0 aliphatic heterocycles. The summed E-state index contributed by atoms with van der Waals surface area (Å²) in [6, 6.07) is 18.4. The largest absolute Gasteiger partial charge is 0.465 e. The number of hydrogen-bond acceptors (Lipinski definition) is 5. The van der Waals surface area contributed by atoms with Crippen LogP contribution in [-0.4, -0.2) is 18.8 Å². The van der Waals surface area contributed by atoms with E-state index in [1.807, 2.05) is 37.3 Å². The molecule has 0 atom stereocenters. The fourth-order valence-electron chi connectivity index (χ4n) is 2.06. The van der Waals surface area contributed by atoms with Crippen molar-refractivity contribution in [2.24, 2.45) is 0 Å². The second-order valence-electron chi connectivity index (χ2n) is 4.66. The summed E-state index contributed by atoms with van der Waals surface area (Å²) >= 11 is 1.40. The van der Waals surface area contributed by atoms with Gasteiger partial charge >= 0.3 is 5.97 Å². The maximum atomic E-state index is 11.9. The third-order valence-electron chi connectivity index (χ3n) is 3.14. The molecule has 0 heterocycles. The number of thioether (sulfide) groups is 1. The Morgan fingerprint density at radius 2 is 1.79 bits per heavy atom. The van der Waals surface area contributed by atoms with Crippen molar-refractivity contribution >= 4 is 23.5 Å². The first-order chi connectivity index (χ1) is 11.7. The van der Waals surface area contributed by atoms with Gasteiger partial charge in [0.15, 0.2) is 5.76 Å². The zero-order valence-electron chi connectivity index (χ0n) is 13.5. The first-order valence-corrected chi connectivity index (χ1v) is 8.37. The molecule has 2 aromatic rings. The summed E-state index contributed by atoms with van der Waals surface area (Å²) in [5.41, 5.74) is 1.09. The van der Waals surface area contributed by atoms with E-state index in [2.05, 4.69) is 6.07 Å². The van der Waals surface area contributed by atoms with Crippen molar-refractivity contribution in [3.05, 3.63) is 70.6 Å². The van der Waals surface area contributed by atoms with Crippen molar-refractivity contribution in [1.82, 2.24) is 0 Å². The van der Waals surface area contributed by atoms with Gasteiger partial charge in [0, 0.05) is 5.56 Å². The van der Waals surface area contributed by atoms with E-state index in [0.717, 1.165) is 11.3 Å². The van der Waals surface area contributed by atoms with Crippen LogP contribution in [0.1, 0.15) is 22.8 Å². The van der Waals surface area contributed by atoms with Gasteiger partial charge in [0.05, 0.1) is 7.11 Å². The van der Waals surface area contributed by atoms with Gasteiger partial charge in [-0.25, -0.2) is 4.79 Å². The number of nitrogens with zero attached hydrogens (tertiary/aromatic N) is 1. The second kappa shape index (κ2) is 8.80. The molecule has 0 spiro atoms. The van der Waals surface area contributed by atoms with Gasteiger partial charge in [-0.15, -0.1) is 11.8 Å². The maximum Gasteiger partial charge on any atom is 0.341 e. The molecule has 0 aliphatic carbocycles. The van der Waals surface area contributed by atoms with Crippen LogP contribution in [0, 0.1) is 11.3 Å². The number of carbonyl (C=O) groups excluding carboxylic acids is 1. The van der Waals surface area contributed by atoms with E-state index in [1.54, 1.807) is 24.3 Å². The lowest BCUT2D eigenvalue weighted by atomic mass is 10.1. The highest BCUT2D eigenvalue weighted by molar-refractivity contribution is 8.03. The van der Waals surface area contributed by atoms with Gasteiger partial charge < -0.3 is 9.47 Å². The number of rotatable bonds is 6. The molecule has 24 heavy (non-hydrogen) atoms. The number of allylic oxidation sites excluding steroid dienone is 1. The molecule has 2 rings (SSSR count). The van der Waals surface area contributed by atoms with E-state index in [-0.39, 0.29) is 0 Å². The first-order valence-electron chi connectivity index (χ1n) is 7.39. The lowest BCUT2D eigenvalue weighted by Crippen LogP contribution is -2.06. The molecule has 0 fully saturated rings. The van der Waals surface area contributed by atoms with E-state index in [9.17, 15) is 10.1 Å². The minimum absolute atomic E-state index is 0.312. The van der Waals surface area contributed by atoms with Gasteiger partial charge in [0.1, 0.15) is 22.3 Å². The Balaban J connectivity index is 2.52. The van der Waals surface area contributed by atoms with Gasteiger partial charge in [-0.3, -0.25) is 0 Å². The first kappa shape index (κ1) is 17.6. The Labute approximate surface area is 145 Å². The predicted molar refractivity (Wildman–Crippen MR) is 95.5 cm³/mol. The highest BCUT2D eigenvalue weighted by Gasteiger charge is 2.17. The van der Waals surface area contributed by atoms with Gasteiger partial charge in [0.25, 0.3) is 0 Å². The number of para-hydroxylation sites is 1. The second-order valence-corrected chi connectivity index (χ2v) is 5.93. The zero-order chi connectivity index (χ0) is 17.4. The highest BCUT2D eigenvalue weighted by Crippen LogP contribution is 2.31. The minimum atomic E-state index is -0.486. The molecular weight excluding hydrogens is 322 g/mol. The molecule has 0 radical (unpaired) electrons. The number of ether oxygens (including phenoxy) is 2. The molecule has 122 valence electrons. The van der Waals surface area contributed by atoms with E-state index in [0.29, 0.717) is 22.0 Å². The molecular formula is C19H17NO3S. The van der Waals surface area contributed by atoms with Crippen LogP contribution in [0.2, 0.25) is 0 Å². The molecule has 4 nitrogen and oxygen atoms in total. The Morgan fingerprint density at radius 1 is 1.12 bits per heavy atom. The number of benzene rings is 2. The fraction of sp³-hybridized carbons (Fsp3) is 0.158. The molecule has 0 bridgehead atoms. The highest BCUT2D eigenvalue weighted by atomic mass is 32.2. The average molecular weight is 339 g/mol. The monoisotopic (exact) mass is 339 g/mol. The Hall–Kier alpha value is -2.71. The zero-order valence-corrected chi connectivity index (χ0v) is 14.3. The van der Waals surface area contributed by atoms with Gasteiger partial charge in [-0.1, -0.05) is 49.4 Å². The van der Waals surface area contributed by atoms with Crippen molar-refractivity contribution < 1.29 is 14.3 Å². The van der Waals surface area contributed by atoms with E-state index >= 15 is 0 Å². The van der Waals surface area contributed by atoms with Gasteiger partial charge in [0.2, 0.25) is 0 Å².